The predicted octanol–water partition coefficient (Wildman–Crippen LogP) is 21.2. The largest absolute Gasteiger partial charge is 0.462 e. The van der Waals surface area contributed by atoms with Crippen LogP contribution in [0.4, 0.5) is 0 Å². The van der Waals surface area contributed by atoms with E-state index >= 15 is 0 Å². The van der Waals surface area contributed by atoms with Crippen LogP contribution < -0.4 is 0 Å². The Morgan fingerprint density at radius 2 is 0.543 bits per heavy atom. The van der Waals surface area contributed by atoms with Crippen LogP contribution in [0.25, 0.3) is 0 Å². The lowest BCUT2D eigenvalue weighted by Crippen LogP contribution is -2.30. The van der Waals surface area contributed by atoms with E-state index in [0.717, 1.165) is 69.6 Å². The zero-order valence-corrected chi connectivity index (χ0v) is 48.2. The molecule has 0 aliphatic heterocycles. The molecular weight excluding hydrogens is 865 g/mol. The zero-order chi connectivity index (χ0) is 51.1. The molecule has 0 saturated carbocycles. The monoisotopic (exact) mass is 989 g/mol. The summed E-state index contributed by atoms with van der Waals surface area (Å²) in [6.07, 6.45) is 62.5. The summed E-state index contributed by atoms with van der Waals surface area (Å²) in [5.74, 6) is 0.871. The van der Waals surface area contributed by atoms with Crippen molar-refractivity contribution in [2.75, 3.05) is 13.2 Å². The fourth-order valence-electron chi connectivity index (χ4n) is 9.90. The second kappa shape index (κ2) is 56.7. The molecule has 0 aromatic carbocycles. The molecule has 6 heteroatoms. The number of carbonyl (C=O) groups excluding carboxylic acids is 3. The SMILES string of the molecule is CCCCCCCCCCCCCCCCCCCCCC(=O)OC[C@H](COC(=O)CCCCCCCCCCC(C)CC)OC(=O)CCCCCCCCCCCCCCCCCCCCC(C)C. The van der Waals surface area contributed by atoms with Crippen molar-refractivity contribution in [3.63, 3.8) is 0 Å². The van der Waals surface area contributed by atoms with Crippen molar-refractivity contribution >= 4 is 17.9 Å². The van der Waals surface area contributed by atoms with Gasteiger partial charge in [-0.15, -0.1) is 0 Å². The molecule has 0 aliphatic rings. The Bertz CT molecular complexity index is 1070. The van der Waals surface area contributed by atoms with Crippen LogP contribution in [0.3, 0.4) is 0 Å². The van der Waals surface area contributed by atoms with E-state index in [2.05, 4.69) is 34.6 Å². The van der Waals surface area contributed by atoms with Crippen molar-refractivity contribution < 1.29 is 28.6 Å². The first-order chi connectivity index (χ1) is 34.3. The number of ether oxygens (including phenoxy) is 3. The van der Waals surface area contributed by atoms with E-state index in [0.29, 0.717) is 19.3 Å². The molecule has 0 N–H and O–H groups in total. The molecule has 0 fully saturated rings. The van der Waals surface area contributed by atoms with Crippen LogP contribution in [-0.2, 0) is 28.6 Å². The van der Waals surface area contributed by atoms with Gasteiger partial charge < -0.3 is 14.2 Å². The van der Waals surface area contributed by atoms with Crippen LogP contribution in [0.15, 0.2) is 0 Å². The van der Waals surface area contributed by atoms with Gasteiger partial charge in [0, 0.05) is 19.3 Å². The minimum Gasteiger partial charge on any atom is -0.462 e. The van der Waals surface area contributed by atoms with E-state index in [9.17, 15) is 14.4 Å². The minimum absolute atomic E-state index is 0.0624. The van der Waals surface area contributed by atoms with Crippen molar-refractivity contribution in [1.29, 1.82) is 0 Å². The minimum atomic E-state index is -0.764. The Hall–Kier alpha value is -1.59. The number of esters is 3. The third-order valence-corrected chi connectivity index (χ3v) is 15.1. The molecule has 0 heterocycles. The Morgan fingerprint density at radius 1 is 0.300 bits per heavy atom. The predicted molar refractivity (Wildman–Crippen MR) is 303 cm³/mol. The van der Waals surface area contributed by atoms with Crippen LogP contribution in [0, 0.1) is 11.8 Å². The summed E-state index contributed by atoms with van der Waals surface area (Å²) in [7, 11) is 0. The van der Waals surface area contributed by atoms with E-state index < -0.39 is 6.10 Å². The van der Waals surface area contributed by atoms with E-state index in [-0.39, 0.29) is 31.1 Å². The number of unbranched alkanes of at least 4 members (excludes halogenated alkanes) is 42. The molecule has 0 spiro atoms. The first-order valence-electron chi connectivity index (χ1n) is 31.8. The first kappa shape index (κ1) is 68.4. The maximum atomic E-state index is 12.9. The van der Waals surface area contributed by atoms with Crippen LogP contribution in [-0.4, -0.2) is 37.2 Å². The second-order valence-corrected chi connectivity index (χ2v) is 22.8. The summed E-state index contributed by atoms with van der Waals surface area (Å²) in [6.45, 7) is 11.5. The molecule has 0 aromatic rings. The van der Waals surface area contributed by atoms with Gasteiger partial charge in [0.05, 0.1) is 0 Å². The van der Waals surface area contributed by atoms with Gasteiger partial charge in [0.15, 0.2) is 6.10 Å². The molecule has 0 saturated heterocycles. The topological polar surface area (TPSA) is 78.9 Å². The Morgan fingerprint density at radius 3 is 0.814 bits per heavy atom. The third-order valence-electron chi connectivity index (χ3n) is 15.1. The highest BCUT2D eigenvalue weighted by Gasteiger charge is 2.19. The number of hydrogen-bond donors (Lipinski definition) is 0. The second-order valence-electron chi connectivity index (χ2n) is 22.8. The van der Waals surface area contributed by atoms with E-state index in [1.165, 1.54) is 250 Å². The standard InChI is InChI=1S/C64H124O6/c1-6-8-9-10-11-12-13-14-15-16-17-21-24-27-30-33-39-44-49-54-62(65)68-57-61(58-69-63(66)55-50-45-40-36-35-38-43-48-53-60(5)7-2)70-64(67)56-51-46-41-34-31-28-25-22-19-18-20-23-26-29-32-37-42-47-52-59(3)4/h59-61H,6-58H2,1-5H3/t60?,61-/m1/s1. The van der Waals surface area contributed by atoms with Crippen LogP contribution in [0.5, 0.6) is 0 Å². The summed E-state index contributed by atoms with van der Waals surface area (Å²) in [5.41, 5.74) is 0. The molecule has 6 nitrogen and oxygen atoms in total. The number of carbonyl (C=O) groups is 3. The molecule has 2 atom stereocenters. The average molecular weight is 990 g/mol. The van der Waals surface area contributed by atoms with Gasteiger partial charge in [-0.3, -0.25) is 14.4 Å². The molecule has 416 valence electrons. The Balaban J connectivity index is 4.24. The molecule has 0 bridgehead atoms. The lowest BCUT2D eigenvalue weighted by atomic mass is 9.99. The zero-order valence-electron chi connectivity index (χ0n) is 48.2. The quantitative estimate of drug-likeness (QED) is 0.0343. The third kappa shape index (κ3) is 55.7. The fourth-order valence-corrected chi connectivity index (χ4v) is 9.90. The maximum absolute atomic E-state index is 12.9. The molecular formula is C64H124O6. The molecule has 1 unspecified atom stereocenters. The molecule has 0 rings (SSSR count). The summed E-state index contributed by atoms with van der Waals surface area (Å²) in [5, 5.41) is 0. The van der Waals surface area contributed by atoms with E-state index in [1.807, 2.05) is 0 Å². The van der Waals surface area contributed by atoms with Gasteiger partial charge in [0.25, 0.3) is 0 Å². The van der Waals surface area contributed by atoms with E-state index in [4.69, 9.17) is 14.2 Å². The van der Waals surface area contributed by atoms with Gasteiger partial charge in [0.1, 0.15) is 13.2 Å². The number of rotatable bonds is 58. The van der Waals surface area contributed by atoms with Crippen LogP contribution in [0.2, 0.25) is 0 Å². The van der Waals surface area contributed by atoms with Gasteiger partial charge >= 0.3 is 17.9 Å². The van der Waals surface area contributed by atoms with Gasteiger partial charge in [-0.2, -0.15) is 0 Å². The van der Waals surface area contributed by atoms with Gasteiger partial charge in [-0.05, 0) is 31.1 Å². The number of hydrogen-bond acceptors (Lipinski definition) is 6. The van der Waals surface area contributed by atoms with Crippen LogP contribution >= 0.6 is 0 Å². The van der Waals surface area contributed by atoms with Crippen LogP contribution in [0.1, 0.15) is 362 Å². The summed E-state index contributed by atoms with van der Waals surface area (Å²) < 4.78 is 16.9. The van der Waals surface area contributed by atoms with Crippen molar-refractivity contribution in [2.24, 2.45) is 11.8 Å². The first-order valence-corrected chi connectivity index (χ1v) is 31.8. The average Bonchev–Trinajstić information content (AvgIpc) is 3.35. The van der Waals surface area contributed by atoms with Crippen molar-refractivity contribution in [3.05, 3.63) is 0 Å². The van der Waals surface area contributed by atoms with Crippen molar-refractivity contribution in [1.82, 2.24) is 0 Å². The maximum Gasteiger partial charge on any atom is 0.306 e. The smallest absolute Gasteiger partial charge is 0.306 e. The molecule has 0 radical (unpaired) electrons. The lowest BCUT2D eigenvalue weighted by molar-refractivity contribution is -0.167. The fraction of sp³-hybridized carbons (Fsp3) is 0.953. The van der Waals surface area contributed by atoms with E-state index in [1.54, 1.807) is 0 Å². The van der Waals surface area contributed by atoms with Crippen molar-refractivity contribution in [3.8, 4) is 0 Å². The lowest BCUT2D eigenvalue weighted by Gasteiger charge is -2.18. The van der Waals surface area contributed by atoms with Gasteiger partial charge in [-0.1, -0.05) is 324 Å². The highest BCUT2D eigenvalue weighted by atomic mass is 16.6. The molecule has 0 aliphatic carbocycles. The summed E-state index contributed by atoms with van der Waals surface area (Å²) >= 11 is 0. The molecule has 0 amide bonds. The highest BCUT2D eigenvalue weighted by molar-refractivity contribution is 5.71. The normalized spacial score (nSPS) is 12.4. The summed E-state index contributed by atoms with van der Waals surface area (Å²) in [6, 6.07) is 0. The summed E-state index contributed by atoms with van der Waals surface area (Å²) in [4.78, 5) is 38.3. The Labute approximate surface area is 438 Å². The molecule has 70 heavy (non-hydrogen) atoms. The Kier molecular flexibility index (Phi) is 55.4. The molecule has 0 aromatic heterocycles. The van der Waals surface area contributed by atoms with Gasteiger partial charge in [-0.25, -0.2) is 0 Å². The van der Waals surface area contributed by atoms with Gasteiger partial charge in [0.2, 0.25) is 0 Å². The highest BCUT2D eigenvalue weighted by Crippen LogP contribution is 2.19. The van der Waals surface area contributed by atoms with Crippen molar-refractivity contribution in [2.45, 2.75) is 368 Å².